The van der Waals surface area contributed by atoms with Crippen molar-refractivity contribution in [3.63, 3.8) is 0 Å². The summed E-state index contributed by atoms with van der Waals surface area (Å²) in [6.45, 7) is 0.394. The van der Waals surface area contributed by atoms with E-state index in [1.807, 2.05) is 0 Å². The number of imide groups is 1. The molecule has 1 heterocycles. The van der Waals surface area contributed by atoms with E-state index in [0.717, 1.165) is 0 Å². The number of amides is 4. The molecule has 2 rings (SSSR count). The van der Waals surface area contributed by atoms with Crippen LogP contribution in [-0.2, 0) is 19.2 Å². The minimum atomic E-state index is -0.990. The highest BCUT2D eigenvalue weighted by Crippen LogP contribution is 2.22. The number of carbonyl (C=O) groups excluding carboxylic acids is 5. The van der Waals surface area contributed by atoms with Crippen LogP contribution < -0.4 is 10.6 Å². The number of benzene rings is 1. The Kier molecular flexibility index (Phi) is 4.69. The molecule has 23 heavy (non-hydrogen) atoms. The van der Waals surface area contributed by atoms with Gasteiger partial charge in [0.05, 0.1) is 17.7 Å². The summed E-state index contributed by atoms with van der Waals surface area (Å²) in [5.41, 5.74) is 0.278. The first kappa shape index (κ1) is 16.1. The van der Waals surface area contributed by atoms with Gasteiger partial charge in [-0.15, -0.1) is 0 Å². The van der Waals surface area contributed by atoms with Crippen molar-refractivity contribution in [1.29, 1.82) is 0 Å². The monoisotopic (exact) mass is 319 g/mol. The molecule has 0 saturated heterocycles. The Morgan fingerprint density at radius 1 is 1.00 bits per heavy atom. The topological polar surface area (TPSA) is 122 Å². The van der Waals surface area contributed by atoms with Gasteiger partial charge in [0, 0.05) is 6.92 Å². The van der Waals surface area contributed by atoms with E-state index in [4.69, 9.17) is 0 Å². The van der Waals surface area contributed by atoms with Crippen LogP contribution in [-0.4, -0.2) is 47.8 Å². The van der Waals surface area contributed by atoms with Gasteiger partial charge in [-0.3, -0.25) is 19.2 Å². The molecule has 9 nitrogen and oxygen atoms in total. The minimum absolute atomic E-state index is 0.139. The lowest BCUT2D eigenvalue weighted by Gasteiger charge is -2.13. The number of hydrogen-bond acceptors (Lipinski definition) is 6. The van der Waals surface area contributed by atoms with Gasteiger partial charge in [-0.25, -0.2) is 4.79 Å². The Balaban J connectivity index is 1.87. The number of nitrogens with zero attached hydrogens (tertiary/aromatic N) is 1. The fraction of sp³-hybridized carbons (Fsp3) is 0.214. The third-order valence-electron chi connectivity index (χ3n) is 2.88. The van der Waals surface area contributed by atoms with Gasteiger partial charge in [-0.05, 0) is 12.1 Å². The van der Waals surface area contributed by atoms with Crippen molar-refractivity contribution in [3.05, 3.63) is 35.4 Å². The predicted octanol–water partition coefficient (Wildman–Crippen LogP) is -1.01. The Bertz CT molecular complexity index is 665. The number of carbonyl (C=O) groups is 5. The molecule has 4 amide bonds. The fourth-order valence-electron chi connectivity index (χ4n) is 1.82. The van der Waals surface area contributed by atoms with Crippen LogP contribution >= 0.6 is 0 Å². The van der Waals surface area contributed by atoms with E-state index < -0.39 is 36.1 Å². The number of fused-ring (bicyclic) bond motifs is 1. The summed E-state index contributed by atoms with van der Waals surface area (Å²) in [6, 6.07) is 6.05. The Hall–Kier alpha value is -3.23. The SMILES string of the molecule is CC(=O)NCC(=O)NCC(=O)ON1C(=O)c2ccccc2C1=O. The van der Waals surface area contributed by atoms with Gasteiger partial charge in [0.15, 0.2) is 0 Å². The van der Waals surface area contributed by atoms with Crippen molar-refractivity contribution in [2.45, 2.75) is 6.92 Å². The van der Waals surface area contributed by atoms with Crippen LogP contribution in [0.5, 0.6) is 0 Å². The van der Waals surface area contributed by atoms with Crippen molar-refractivity contribution in [2.24, 2.45) is 0 Å². The highest BCUT2D eigenvalue weighted by molar-refractivity contribution is 6.20. The van der Waals surface area contributed by atoms with Crippen LogP contribution in [0.1, 0.15) is 27.6 Å². The van der Waals surface area contributed by atoms with Crippen LogP contribution in [0.2, 0.25) is 0 Å². The van der Waals surface area contributed by atoms with Gasteiger partial charge in [-0.1, -0.05) is 17.2 Å². The van der Waals surface area contributed by atoms with Crippen molar-refractivity contribution >= 4 is 29.6 Å². The van der Waals surface area contributed by atoms with Crippen LogP contribution in [0.4, 0.5) is 0 Å². The van der Waals surface area contributed by atoms with Crippen LogP contribution in [0, 0.1) is 0 Å². The molecule has 0 aromatic heterocycles. The Morgan fingerprint density at radius 3 is 2.09 bits per heavy atom. The standard InChI is InChI=1S/C14H13N3O6/c1-8(18)15-6-11(19)16-7-12(20)23-17-13(21)9-4-2-3-5-10(9)14(17)22/h2-5H,6-7H2,1H3,(H,15,18)(H,16,19). The first-order valence-electron chi connectivity index (χ1n) is 6.60. The van der Waals surface area contributed by atoms with Crippen molar-refractivity contribution in [2.75, 3.05) is 13.1 Å². The van der Waals surface area contributed by atoms with Gasteiger partial charge in [-0.2, -0.15) is 0 Å². The molecule has 1 aromatic carbocycles. The van der Waals surface area contributed by atoms with Gasteiger partial charge in [0.25, 0.3) is 11.8 Å². The normalized spacial score (nSPS) is 12.7. The van der Waals surface area contributed by atoms with Crippen molar-refractivity contribution in [1.82, 2.24) is 15.7 Å². The second-order valence-corrected chi connectivity index (χ2v) is 4.60. The molecule has 9 heteroatoms. The highest BCUT2D eigenvalue weighted by Gasteiger charge is 2.38. The van der Waals surface area contributed by atoms with E-state index in [1.165, 1.54) is 19.1 Å². The summed E-state index contributed by atoms with van der Waals surface area (Å²) in [5.74, 6) is -3.49. The molecular formula is C14H13N3O6. The average molecular weight is 319 g/mol. The molecule has 2 N–H and O–H groups in total. The zero-order chi connectivity index (χ0) is 17.0. The lowest BCUT2D eigenvalue weighted by atomic mass is 10.1. The van der Waals surface area contributed by atoms with Crippen LogP contribution in [0.15, 0.2) is 24.3 Å². The maximum Gasteiger partial charge on any atom is 0.352 e. The van der Waals surface area contributed by atoms with Gasteiger partial charge in [0.1, 0.15) is 6.54 Å². The van der Waals surface area contributed by atoms with Crippen LogP contribution in [0.3, 0.4) is 0 Å². The second kappa shape index (κ2) is 6.69. The number of rotatable bonds is 5. The summed E-state index contributed by atoms with van der Waals surface area (Å²) < 4.78 is 0. The molecule has 0 radical (unpaired) electrons. The Labute approximate surface area is 130 Å². The molecule has 120 valence electrons. The van der Waals surface area contributed by atoms with E-state index in [1.54, 1.807) is 12.1 Å². The zero-order valence-electron chi connectivity index (χ0n) is 12.1. The van der Waals surface area contributed by atoms with Gasteiger partial charge < -0.3 is 15.5 Å². The minimum Gasteiger partial charge on any atom is -0.347 e. The molecule has 0 bridgehead atoms. The summed E-state index contributed by atoms with van der Waals surface area (Å²) in [4.78, 5) is 62.2. The molecule has 0 fully saturated rings. The molecule has 0 spiro atoms. The predicted molar refractivity (Wildman–Crippen MR) is 74.7 cm³/mol. The molecular weight excluding hydrogens is 306 g/mol. The largest absolute Gasteiger partial charge is 0.352 e. The first-order chi connectivity index (χ1) is 10.9. The number of nitrogens with one attached hydrogen (secondary N) is 2. The first-order valence-corrected chi connectivity index (χ1v) is 6.60. The quantitative estimate of drug-likeness (QED) is 0.671. The lowest BCUT2D eigenvalue weighted by Crippen LogP contribution is -2.41. The maximum absolute atomic E-state index is 12.0. The maximum atomic E-state index is 12.0. The summed E-state index contributed by atoms with van der Waals surface area (Å²) in [7, 11) is 0. The molecule has 0 unspecified atom stereocenters. The third kappa shape index (κ3) is 3.70. The summed E-state index contributed by atoms with van der Waals surface area (Å²) in [6.07, 6.45) is 0. The number of hydrogen-bond donors (Lipinski definition) is 2. The Morgan fingerprint density at radius 2 is 1.57 bits per heavy atom. The fourth-order valence-corrected chi connectivity index (χ4v) is 1.82. The van der Waals surface area contributed by atoms with E-state index in [2.05, 4.69) is 15.5 Å². The third-order valence-corrected chi connectivity index (χ3v) is 2.88. The molecule has 0 atom stereocenters. The van der Waals surface area contributed by atoms with E-state index in [9.17, 15) is 24.0 Å². The zero-order valence-corrected chi connectivity index (χ0v) is 12.1. The van der Waals surface area contributed by atoms with Crippen molar-refractivity contribution < 1.29 is 28.8 Å². The van der Waals surface area contributed by atoms with E-state index >= 15 is 0 Å². The second-order valence-electron chi connectivity index (χ2n) is 4.60. The highest BCUT2D eigenvalue weighted by atomic mass is 16.7. The number of hydroxylamine groups is 2. The summed E-state index contributed by atoms with van der Waals surface area (Å²) >= 11 is 0. The average Bonchev–Trinajstić information content (AvgIpc) is 2.76. The van der Waals surface area contributed by atoms with Crippen LogP contribution in [0.25, 0.3) is 0 Å². The molecule has 0 aliphatic carbocycles. The smallest absolute Gasteiger partial charge is 0.347 e. The summed E-state index contributed by atoms with van der Waals surface area (Å²) in [5, 5.41) is 4.79. The van der Waals surface area contributed by atoms with Crippen molar-refractivity contribution in [3.8, 4) is 0 Å². The van der Waals surface area contributed by atoms with Gasteiger partial charge >= 0.3 is 5.97 Å². The molecule has 1 aromatic rings. The van der Waals surface area contributed by atoms with E-state index in [-0.39, 0.29) is 17.7 Å². The molecule has 1 aliphatic rings. The molecule has 1 aliphatic heterocycles. The molecule has 0 saturated carbocycles. The lowest BCUT2D eigenvalue weighted by molar-refractivity contribution is -0.167. The van der Waals surface area contributed by atoms with Gasteiger partial charge in [0.2, 0.25) is 11.8 Å². The van der Waals surface area contributed by atoms with E-state index in [0.29, 0.717) is 5.06 Å².